The van der Waals surface area contributed by atoms with Crippen LogP contribution >= 0.6 is 15.9 Å². The summed E-state index contributed by atoms with van der Waals surface area (Å²) in [6, 6.07) is 9.41. The topological polar surface area (TPSA) is 51.6 Å². The molecule has 0 aliphatic carbocycles. The lowest BCUT2D eigenvalue weighted by atomic mass is 10.0. The number of ether oxygens (including phenoxy) is 2. The molecule has 0 fully saturated rings. The van der Waals surface area contributed by atoms with Gasteiger partial charge in [-0.05, 0) is 53.0 Å². The molecule has 1 aromatic carbocycles. The SMILES string of the molecule is COc1ccc(C(O)CCc2ccccn2)c(OC)c1Br. The lowest BCUT2D eigenvalue weighted by Crippen LogP contribution is -2.04. The molecule has 0 spiro atoms. The zero-order chi connectivity index (χ0) is 15.2. The van der Waals surface area contributed by atoms with Gasteiger partial charge in [0.05, 0.1) is 20.3 Å². The summed E-state index contributed by atoms with van der Waals surface area (Å²) >= 11 is 3.44. The predicted octanol–water partition coefficient (Wildman–Crippen LogP) is 3.53. The first-order valence-electron chi connectivity index (χ1n) is 6.65. The molecule has 1 aromatic heterocycles. The first-order chi connectivity index (χ1) is 10.2. The number of hydrogen-bond donors (Lipinski definition) is 1. The summed E-state index contributed by atoms with van der Waals surface area (Å²) in [6.07, 6.45) is 2.41. The molecule has 4 nitrogen and oxygen atoms in total. The van der Waals surface area contributed by atoms with E-state index in [0.717, 1.165) is 11.3 Å². The molecule has 112 valence electrons. The Hall–Kier alpha value is -1.59. The molecule has 1 heterocycles. The van der Waals surface area contributed by atoms with Crippen molar-refractivity contribution < 1.29 is 14.6 Å². The molecule has 1 N–H and O–H groups in total. The van der Waals surface area contributed by atoms with Crippen LogP contribution in [0.15, 0.2) is 41.0 Å². The fraction of sp³-hybridized carbons (Fsp3) is 0.312. The smallest absolute Gasteiger partial charge is 0.142 e. The van der Waals surface area contributed by atoms with E-state index in [9.17, 15) is 5.11 Å². The van der Waals surface area contributed by atoms with E-state index in [2.05, 4.69) is 20.9 Å². The fourth-order valence-corrected chi connectivity index (χ4v) is 2.85. The summed E-state index contributed by atoms with van der Waals surface area (Å²) in [6.45, 7) is 0. The third kappa shape index (κ3) is 3.74. The van der Waals surface area contributed by atoms with Gasteiger partial charge in [-0.1, -0.05) is 6.07 Å². The van der Waals surface area contributed by atoms with Crippen LogP contribution in [0.3, 0.4) is 0 Å². The summed E-state index contributed by atoms with van der Waals surface area (Å²) < 4.78 is 11.3. The van der Waals surface area contributed by atoms with Gasteiger partial charge in [-0.15, -0.1) is 0 Å². The number of halogens is 1. The van der Waals surface area contributed by atoms with E-state index in [1.165, 1.54) is 0 Å². The second-order valence-corrected chi connectivity index (χ2v) is 5.37. The van der Waals surface area contributed by atoms with Gasteiger partial charge in [0.2, 0.25) is 0 Å². The number of rotatable bonds is 6. The van der Waals surface area contributed by atoms with Crippen LogP contribution in [0.2, 0.25) is 0 Å². The van der Waals surface area contributed by atoms with Crippen molar-refractivity contribution in [2.75, 3.05) is 14.2 Å². The minimum Gasteiger partial charge on any atom is -0.495 e. The first kappa shape index (κ1) is 15.8. The minimum absolute atomic E-state index is 0.576. The van der Waals surface area contributed by atoms with Crippen molar-refractivity contribution in [3.8, 4) is 11.5 Å². The Bertz CT molecular complexity index is 590. The normalized spacial score (nSPS) is 12.0. The second-order valence-electron chi connectivity index (χ2n) is 4.58. The van der Waals surface area contributed by atoms with Crippen molar-refractivity contribution in [2.45, 2.75) is 18.9 Å². The van der Waals surface area contributed by atoms with Crippen molar-refractivity contribution in [1.29, 1.82) is 0 Å². The zero-order valence-electron chi connectivity index (χ0n) is 12.0. The standard InChI is InChI=1S/C16H18BrNO3/c1-20-14-9-7-12(16(21-2)15(14)17)13(19)8-6-11-5-3-4-10-18-11/h3-5,7,9-10,13,19H,6,8H2,1-2H3. The Balaban J connectivity index is 2.15. The first-order valence-corrected chi connectivity index (χ1v) is 7.45. The molecule has 0 bridgehead atoms. The van der Waals surface area contributed by atoms with E-state index >= 15 is 0 Å². The number of methoxy groups -OCH3 is 2. The van der Waals surface area contributed by atoms with Gasteiger partial charge in [0.15, 0.2) is 0 Å². The Morgan fingerprint density at radius 2 is 2.00 bits per heavy atom. The number of pyridine rings is 1. The summed E-state index contributed by atoms with van der Waals surface area (Å²) in [7, 11) is 3.17. The van der Waals surface area contributed by atoms with Crippen LogP contribution in [-0.2, 0) is 6.42 Å². The summed E-state index contributed by atoms with van der Waals surface area (Å²) in [4.78, 5) is 4.26. The van der Waals surface area contributed by atoms with Crippen molar-refractivity contribution in [3.05, 3.63) is 52.3 Å². The number of aromatic nitrogens is 1. The molecule has 2 rings (SSSR count). The van der Waals surface area contributed by atoms with Crippen LogP contribution in [0.25, 0.3) is 0 Å². The highest BCUT2D eigenvalue weighted by molar-refractivity contribution is 9.10. The Morgan fingerprint density at radius 3 is 2.62 bits per heavy atom. The largest absolute Gasteiger partial charge is 0.495 e. The number of hydrogen-bond acceptors (Lipinski definition) is 4. The van der Waals surface area contributed by atoms with Crippen molar-refractivity contribution >= 4 is 15.9 Å². The van der Waals surface area contributed by atoms with E-state index in [1.54, 1.807) is 20.4 Å². The van der Waals surface area contributed by atoms with Crippen LogP contribution in [0.4, 0.5) is 0 Å². The fourth-order valence-electron chi connectivity index (χ4n) is 2.17. The maximum absolute atomic E-state index is 10.4. The van der Waals surface area contributed by atoms with Crippen LogP contribution in [-0.4, -0.2) is 24.3 Å². The lowest BCUT2D eigenvalue weighted by molar-refractivity contribution is 0.163. The van der Waals surface area contributed by atoms with Gasteiger partial charge in [-0.25, -0.2) is 0 Å². The highest BCUT2D eigenvalue weighted by Gasteiger charge is 2.18. The minimum atomic E-state index is -0.621. The van der Waals surface area contributed by atoms with Crippen LogP contribution in [0.1, 0.15) is 23.8 Å². The van der Waals surface area contributed by atoms with Crippen molar-refractivity contribution in [3.63, 3.8) is 0 Å². The van der Waals surface area contributed by atoms with Gasteiger partial charge < -0.3 is 14.6 Å². The van der Waals surface area contributed by atoms with Gasteiger partial charge in [-0.2, -0.15) is 0 Å². The van der Waals surface area contributed by atoms with E-state index in [1.807, 2.05) is 30.3 Å². The Kier molecular flexibility index (Phi) is 5.59. The summed E-state index contributed by atoms with van der Waals surface area (Å²) in [5.74, 6) is 1.27. The molecule has 0 saturated carbocycles. The van der Waals surface area contributed by atoms with Crippen molar-refractivity contribution in [1.82, 2.24) is 4.98 Å². The van der Waals surface area contributed by atoms with Gasteiger partial charge in [0, 0.05) is 17.5 Å². The number of aliphatic hydroxyl groups excluding tert-OH is 1. The van der Waals surface area contributed by atoms with E-state index < -0.39 is 6.10 Å². The van der Waals surface area contributed by atoms with Crippen LogP contribution < -0.4 is 9.47 Å². The average Bonchev–Trinajstić information content (AvgIpc) is 2.53. The van der Waals surface area contributed by atoms with Gasteiger partial charge in [-0.3, -0.25) is 4.98 Å². The van der Waals surface area contributed by atoms with Gasteiger partial charge in [0.25, 0.3) is 0 Å². The van der Waals surface area contributed by atoms with Crippen LogP contribution in [0, 0.1) is 0 Å². The van der Waals surface area contributed by atoms with Gasteiger partial charge in [0.1, 0.15) is 16.0 Å². The van der Waals surface area contributed by atoms with E-state index in [-0.39, 0.29) is 0 Å². The molecule has 0 aliphatic rings. The monoisotopic (exact) mass is 351 g/mol. The lowest BCUT2D eigenvalue weighted by Gasteiger charge is -2.17. The quantitative estimate of drug-likeness (QED) is 0.864. The number of aryl methyl sites for hydroxylation is 1. The van der Waals surface area contributed by atoms with E-state index in [4.69, 9.17) is 9.47 Å². The molecule has 2 aromatic rings. The summed E-state index contributed by atoms with van der Waals surface area (Å²) in [5, 5.41) is 10.4. The maximum Gasteiger partial charge on any atom is 0.142 e. The molecule has 0 aliphatic heterocycles. The zero-order valence-corrected chi connectivity index (χ0v) is 13.6. The Morgan fingerprint density at radius 1 is 1.19 bits per heavy atom. The molecule has 1 atom stereocenters. The molecule has 5 heteroatoms. The molecular formula is C16H18BrNO3. The molecule has 1 unspecified atom stereocenters. The molecule has 0 saturated heterocycles. The highest BCUT2D eigenvalue weighted by atomic mass is 79.9. The van der Waals surface area contributed by atoms with Gasteiger partial charge >= 0.3 is 0 Å². The molecule has 0 amide bonds. The molecule has 21 heavy (non-hydrogen) atoms. The number of aliphatic hydroxyl groups is 1. The molecule has 0 radical (unpaired) electrons. The second kappa shape index (κ2) is 7.43. The third-order valence-electron chi connectivity index (χ3n) is 3.28. The van der Waals surface area contributed by atoms with Crippen molar-refractivity contribution in [2.24, 2.45) is 0 Å². The Labute approximate surface area is 132 Å². The third-order valence-corrected chi connectivity index (χ3v) is 4.03. The average molecular weight is 352 g/mol. The molecular weight excluding hydrogens is 334 g/mol. The van der Waals surface area contributed by atoms with Crippen LogP contribution in [0.5, 0.6) is 11.5 Å². The predicted molar refractivity (Wildman–Crippen MR) is 84.8 cm³/mol. The highest BCUT2D eigenvalue weighted by Crippen LogP contribution is 2.40. The van der Waals surface area contributed by atoms with E-state index in [0.29, 0.717) is 28.8 Å². The summed E-state index contributed by atoms with van der Waals surface area (Å²) in [5.41, 5.74) is 1.70. The number of nitrogens with zero attached hydrogens (tertiary/aromatic N) is 1. The maximum atomic E-state index is 10.4. The number of benzene rings is 1.